The molecule has 1 aromatic rings. The first-order valence-electron chi connectivity index (χ1n) is 6.07. The maximum Gasteiger partial charge on any atom is 0.328 e. The molecule has 2 atom stereocenters. The molecule has 1 N–H and O–H groups in total. The van der Waals surface area contributed by atoms with Gasteiger partial charge in [-0.15, -0.1) is 11.6 Å². The highest BCUT2D eigenvalue weighted by Gasteiger charge is 2.43. The number of hydrogen-bond donors (Lipinski definition) is 1. The molecule has 1 aliphatic rings. The van der Waals surface area contributed by atoms with Crippen molar-refractivity contribution in [2.24, 2.45) is 0 Å². The lowest BCUT2D eigenvalue weighted by molar-refractivity contribution is 0.137. The van der Waals surface area contributed by atoms with Crippen molar-refractivity contribution in [3.05, 3.63) is 11.8 Å². The molecule has 0 radical (unpaired) electrons. The number of hydrogen-bond acceptors (Lipinski definition) is 4. The van der Waals surface area contributed by atoms with Gasteiger partial charge in [-0.1, -0.05) is 19.0 Å². The molecule has 106 valence electrons. The third-order valence-corrected chi connectivity index (χ3v) is 4.23. The summed E-state index contributed by atoms with van der Waals surface area (Å²) in [6.07, 6.45) is -0.936. The number of aromatic nitrogens is 1. The molecule has 7 heteroatoms. The molecule has 1 fully saturated rings. The van der Waals surface area contributed by atoms with E-state index in [2.05, 4.69) is 5.16 Å². The molecule has 2 amide bonds. The van der Waals surface area contributed by atoms with Gasteiger partial charge in [-0.25, -0.2) is 9.69 Å². The van der Waals surface area contributed by atoms with Gasteiger partial charge in [-0.05, 0) is 6.92 Å². The van der Waals surface area contributed by atoms with Gasteiger partial charge >= 0.3 is 6.03 Å². The maximum atomic E-state index is 12.0. The lowest BCUT2D eigenvalue weighted by atomic mass is 9.93. The van der Waals surface area contributed by atoms with Gasteiger partial charge in [0.2, 0.25) is 0 Å². The molecule has 6 nitrogen and oxygen atoms in total. The number of alkyl halides is 1. The van der Waals surface area contributed by atoms with Gasteiger partial charge in [-0.3, -0.25) is 0 Å². The van der Waals surface area contributed by atoms with Gasteiger partial charge < -0.3 is 14.5 Å². The number of carbonyl (C=O) groups excluding carboxylic acids is 1. The topological polar surface area (TPSA) is 69.8 Å². The third-order valence-electron chi connectivity index (χ3n) is 3.56. The van der Waals surface area contributed by atoms with Crippen LogP contribution in [0.1, 0.15) is 26.5 Å². The second-order valence-corrected chi connectivity index (χ2v) is 5.75. The normalized spacial score (nSPS) is 24.4. The molecular formula is C12H18ClN3O3. The Labute approximate surface area is 116 Å². The summed E-state index contributed by atoms with van der Waals surface area (Å²) in [5.74, 6) is 1.26. The van der Waals surface area contributed by atoms with Gasteiger partial charge in [0.15, 0.2) is 12.0 Å². The Morgan fingerprint density at radius 2 is 2.21 bits per heavy atom. The van der Waals surface area contributed by atoms with E-state index in [0.717, 1.165) is 0 Å². The van der Waals surface area contributed by atoms with Crippen LogP contribution in [0.3, 0.4) is 0 Å². The van der Waals surface area contributed by atoms with Crippen molar-refractivity contribution in [2.75, 3.05) is 17.8 Å². The highest BCUT2D eigenvalue weighted by Crippen LogP contribution is 2.31. The van der Waals surface area contributed by atoms with Crippen molar-refractivity contribution in [2.45, 2.75) is 38.5 Å². The van der Waals surface area contributed by atoms with E-state index >= 15 is 0 Å². The second-order valence-electron chi connectivity index (χ2n) is 5.48. The van der Waals surface area contributed by atoms with Gasteiger partial charge in [0.1, 0.15) is 5.76 Å². The zero-order valence-corrected chi connectivity index (χ0v) is 12.2. The van der Waals surface area contributed by atoms with Crippen LogP contribution in [-0.4, -0.2) is 46.4 Å². The van der Waals surface area contributed by atoms with E-state index in [9.17, 15) is 9.90 Å². The number of anilines is 1. The molecule has 19 heavy (non-hydrogen) atoms. The molecule has 0 aliphatic carbocycles. The van der Waals surface area contributed by atoms with Crippen molar-refractivity contribution >= 4 is 23.4 Å². The van der Waals surface area contributed by atoms with Crippen molar-refractivity contribution in [3.8, 4) is 0 Å². The number of aliphatic hydroxyl groups excluding tert-OH is 1. The van der Waals surface area contributed by atoms with E-state index in [-0.39, 0.29) is 17.5 Å². The molecule has 2 heterocycles. The van der Waals surface area contributed by atoms with E-state index in [4.69, 9.17) is 16.1 Å². The summed E-state index contributed by atoms with van der Waals surface area (Å²) in [6, 6.07) is 1.05. The maximum absolute atomic E-state index is 12.0. The highest BCUT2D eigenvalue weighted by molar-refractivity contribution is 6.18. The molecule has 0 bridgehead atoms. The standard InChI is InChI=1S/C12H18ClN3O3/c1-7-10(17)16(11(18)15(7)4)9-5-8(19-14-9)12(2,3)6-13/h5,7,10,17H,6H2,1-4H3. The molecule has 2 rings (SSSR count). The van der Waals surface area contributed by atoms with Gasteiger partial charge in [0.25, 0.3) is 0 Å². The number of halogens is 1. The largest absolute Gasteiger partial charge is 0.371 e. The van der Waals surface area contributed by atoms with E-state index < -0.39 is 6.23 Å². The second kappa shape index (κ2) is 4.68. The molecule has 1 saturated heterocycles. The van der Waals surface area contributed by atoms with E-state index in [0.29, 0.717) is 17.5 Å². The number of aliphatic hydroxyl groups is 1. The van der Waals surface area contributed by atoms with Crippen LogP contribution in [-0.2, 0) is 5.41 Å². The highest BCUT2D eigenvalue weighted by atomic mass is 35.5. The molecule has 1 aliphatic heterocycles. The lowest BCUT2D eigenvalue weighted by Gasteiger charge is -2.17. The minimum atomic E-state index is -0.936. The number of rotatable bonds is 3. The van der Waals surface area contributed by atoms with Crippen LogP contribution in [0.2, 0.25) is 0 Å². The fraction of sp³-hybridized carbons (Fsp3) is 0.667. The Balaban J connectivity index is 2.31. The van der Waals surface area contributed by atoms with Gasteiger partial charge in [-0.2, -0.15) is 0 Å². The quantitative estimate of drug-likeness (QED) is 0.860. The predicted octanol–water partition coefficient (Wildman–Crippen LogP) is 1.77. The average molecular weight is 288 g/mol. The average Bonchev–Trinajstić information content (AvgIpc) is 2.92. The number of likely N-dealkylation sites (N-methyl/N-ethyl adjacent to an activating group) is 1. The van der Waals surface area contributed by atoms with Crippen LogP contribution in [0.15, 0.2) is 10.6 Å². The van der Waals surface area contributed by atoms with Gasteiger partial charge in [0, 0.05) is 24.4 Å². The zero-order valence-electron chi connectivity index (χ0n) is 11.4. The van der Waals surface area contributed by atoms with Crippen LogP contribution < -0.4 is 4.90 Å². The SMILES string of the molecule is CC1C(O)N(c2cc(C(C)(C)CCl)on2)C(=O)N1C. The van der Waals surface area contributed by atoms with Crippen molar-refractivity contribution in [3.63, 3.8) is 0 Å². The van der Waals surface area contributed by atoms with Crippen LogP contribution in [0.5, 0.6) is 0 Å². The van der Waals surface area contributed by atoms with Crippen molar-refractivity contribution in [1.29, 1.82) is 0 Å². The zero-order chi connectivity index (χ0) is 14.4. The Kier molecular flexibility index (Phi) is 3.49. The Morgan fingerprint density at radius 3 is 2.68 bits per heavy atom. The Morgan fingerprint density at radius 1 is 1.58 bits per heavy atom. The van der Waals surface area contributed by atoms with Crippen LogP contribution in [0, 0.1) is 0 Å². The summed E-state index contributed by atoms with van der Waals surface area (Å²) >= 11 is 5.87. The number of nitrogens with zero attached hydrogens (tertiary/aromatic N) is 3. The monoisotopic (exact) mass is 287 g/mol. The summed E-state index contributed by atoms with van der Waals surface area (Å²) in [4.78, 5) is 14.7. The molecule has 0 aromatic carbocycles. The minimum Gasteiger partial charge on any atom is -0.371 e. The minimum absolute atomic E-state index is 0.298. The molecule has 2 unspecified atom stereocenters. The van der Waals surface area contributed by atoms with Crippen LogP contribution in [0.25, 0.3) is 0 Å². The van der Waals surface area contributed by atoms with E-state index in [1.807, 2.05) is 13.8 Å². The first kappa shape index (κ1) is 14.1. The molecule has 0 spiro atoms. The van der Waals surface area contributed by atoms with Gasteiger partial charge in [0.05, 0.1) is 6.04 Å². The summed E-state index contributed by atoms with van der Waals surface area (Å²) < 4.78 is 5.24. The first-order valence-corrected chi connectivity index (χ1v) is 6.60. The molecule has 1 aromatic heterocycles. The number of urea groups is 1. The van der Waals surface area contributed by atoms with E-state index in [1.54, 1.807) is 20.0 Å². The summed E-state index contributed by atoms with van der Waals surface area (Å²) in [5, 5.41) is 13.9. The smallest absolute Gasteiger partial charge is 0.328 e. The lowest BCUT2D eigenvalue weighted by Crippen LogP contribution is -2.35. The summed E-state index contributed by atoms with van der Waals surface area (Å²) in [7, 11) is 1.64. The van der Waals surface area contributed by atoms with Crippen LogP contribution >= 0.6 is 11.6 Å². The summed E-state index contributed by atoms with van der Waals surface area (Å²) in [5.41, 5.74) is -0.377. The van der Waals surface area contributed by atoms with Crippen molar-refractivity contribution in [1.82, 2.24) is 10.1 Å². The fourth-order valence-corrected chi connectivity index (χ4v) is 2.00. The number of carbonyl (C=O) groups is 1. The number of amides is 2. The van der Waals surface area contributed by atoms with Crippen LogP contribution in [0.4, 0.5) is 10.6 Å². The third kappa shape index (κ3) is 2.19. The fourth-order valence-electron chi connectivity index (χ4n) is 1.87. The van der Waals surface area contributed by atoms with Crippen molar-refractivity contribution < 1.29 is 14.4 Å². The Bertz CT molecular complexity index is 488. The predicted molar refractivity (Wildman–Crippen MR) is 71.4 cm³/mol. The molecule has 0 saturated carbocycles. The first-order chi connectivity index (χ1) is 8.79. The Hall–Kier alpha value is -1.27. The van der Waals surface area contributed by atoms with E-state index in [1.165, 1.54) is 9.80 Å². The molecular weight excluding hydrogens is 270 g/mol. The summed E-state index contributed by atoms with van der Waals surface area (Å²) in [6.45, 7) is 5.61.